The molecule has 1 heterocycles. The molecule has 6 heteroatoms. The lowest BCUT2D eigenvalue weighted by Gasteiger charge is -2.00. The number of amides is 1. The van der Waals surface area contributed by atoms with E-state index in [-0.39, 0.29) is 5.91 Å². The van der Waals surface area contributed by atoms with Crippen molar-refractivity contribution in [2.75, 3.05) is 11.0 Å². The number of aromatic nitrogens is 2. The Hall–Kier alpha value is -0.240. The van der Waals surface area contributed by atoms with E-state index in [1.807, 2.05) is 0 Å². The summed E-state index contributed by atoms with van der Waals surface area (Å²) < 4.78 is 4.75. The van der Waals surface area contributed by atoms with Crippen molar-refractivity contribution >= 4 is 40.0 Å². The first-order valence-corrected chi connectivity index (χ1v) is 6.18. The molecule has 1 rings (SSSR count). The molecule has 0 aromatic carbocycles. The number of hydrogen-bond donors (Lipinski definition) is 1. The molecule has 0 fully saturated rings. The summed E-state index contributed by atoms with van der Waals surface area (Å²) in [5.41, 5.74) is 0.706. The van der Waals surface area contributed by atoms with Gasteiger partial charge in [0.2, 0.25) is 0 Å². The maximum atomic E-state index is 11.4. The van der Waals surface area contributed by atoms with E-state index in [0.717, 1.165) is 28.9 Å². The largest absolute Gasteiger partial charge is 0.351 e. The number of hydrogen-bond acceptors (Lipinski definition) is 4. The van der Waals surface area contributed by atoms with E-state index in [4.69, 9.17) is 0 Å². The molecule has 72 valence electrons. The highest BCUT2D eigenvalue weighted by Gasteiger charge is 2.11. The van der Waals surface area contributed by atoms with Crippen molar-refractivity contribution in [3.63, 3.8) is 0 Å². The smallest absolute Gasteiger partial charge is 0.264 e. The predicted molar refractivity (Wildman–Crippen MR) is 60.5 cm³/mol. The number of carbonyl (C=O) groups excluding carboxylic acids is 1. The molecule has 0 saturated carbocycles. The Kier molecular flexibility index (Phi) is 4.57. The van der Waals surface area contributed by atoms with Crippen LogP contribution in [-0.4, -0.2) is 26.5 Å². The van der Waals surface area contributed by atoms with Gasteiger partial charge in [-0.05, 0) is 24.9 Å². The minimum Gasteiger partial charge on any atom is -0.351 e. The monoisotopic (exact) mass is 311 g/mol. The van der Waals surface area contributed by atoms with Crippen molar-refractivity contribution in [1.29, 1.82) is 0 Å². The van der Waals surface area contributed by atoms with E-state index in [1.165, 1.54) is 0 Å². The van der Waals surface area contributed by atoms with Gasteiger partial charge in [-0.2, -0.15) is 0 Å². The second kappa shape index (κ2) is 5.48. The highest BCUT2D eigenvalue weighted by molar-refractivity contribution is 14.1. The summed E-state index contributed by atoms with van der Waals surface area (Å²) in [7, 11) is 0. The Bertz CT molecular complexity index is 289. The molecule has 1 N–H and O–H groups in total. The summed E-state index contributed by atoms with van der Waals surface area (Å²) >= 11 is 3.42. The lowest BCUT2D eigenvalue weighted by Crippen LogP contribution is -2.24. The van der Waals surface area contributed by atoms with Crippen LogP contribution in [0.4, 0.5) is 0 Å². The summed E-state index contributed by atoms with van der Waals surface area (Å²) in [6, 6.07) is 0. The van der Waals surface area contributed by atoms with Gasteiger partial charge in [0, 0.05) is 11.0 Å². The van der Waals surface area contributed by atoms with E-state index in [9.17, 15) is 4.79 Å². The molecule has 0 bridgehead atoms. The van der Waals surface area contributed by atoms with Crippen molar-refractivity contribution in [3.8, 4) is 0 Å². The van der Waals surface area contributed by atoms with Gasteiger partial charge in [-0.15, -0.1) is 5.10 Å². The third kappa shape index (κ3) is 3.18. The van der Waals surface area contributed by atoms with Crippen LogP contribution in [0.5, 0.6) is 0 Å². The molecule has 13 heavy (non-hydrogen) atoms. The van der Waals surface area contributed by atoms with E-state index >= 15 is 0 Å². The number of rotatable bonds is 4. The zero-order valence-electron chi connectivity index (χ0n) is 7.21. The number of carbonyl (C=O) groups is 1. The lowest BCUT2D eigenvalue weighted by molar-refractivity contribution is 0.0957. The fourth-order valence-corrected chi connectivity index (χ4v) is 1.74. The van der Waals surface area contributed by atoms with Crippen molar-refractivity contribution in [3.05, 3.63) is 10.6 Å². The van der Waals surface area contributed by atoms with E-state index < -0.39 is 0 Å². The molecule has 0 aliphatic rings. The number of nitrogens with one attached hydrogen (secondary N) is 1. The van der Waals surface area contributed by atoms with E-state index in [2.05, 4.69) is 37.5 Å². The van der Waals surface area contributed by atoms with Crippen LogP contribution >= 0.6 is 34.1 Å². The Balaban J connectivity index is 2.45. The number of alkyl halides is 1. The first-order chi connectivity index (χ1) is 6.25. The Morgan fingerprint density at radius 1 is 1.69 bits per heavy atom. The van der Waals surface area contributed by atoms with Gasteiger partial charge in [0.25, 0.3) is 5.91 Å². The summed E-state index contributed by atoms with van der Waals surface area (Å²) in [6.45, 7) is 2.51. The van der Waals surface area contributed by atoms with Crippen molar-refractivity contribution in [2.24, 2.45) is 0 Å². The molecule has 0 aliphatic heterocycles. The zero-order valence-corrected chi connectivity index (χ0v) is 10.2. The van der Waals surface area contributed by atoms with Crippen LogP contribution in [0.25, 0.3) is 0 Å². The topological polar surface area (TPSA) is 54.9 Å². The Morgan fingerprint density at radius 3 is 3.00 bits per heavy atom. The molecule has 1 aromatic heterocycles. The lowest BCUT2D eigenvalue weighted by atomic mass is 10.3. The number of nitrogens with zero attached hydrogens (tertiary/aromatic N) is 2. The van der Waals surface area contributed by atoms with Gasteiger partial charge in [0.05, 0.1) is 5.69 Å². The van der Waals surface area contributed by atoms with Crippen molar-refractivity contribution in [1.82, 2.24) is 14.9 Å². The highest BCUT2D eigenvalue weighted by atomic mass is 127. The molecule has 0 atom stereocenters. The molecule has 0 aliphatic carbocycles. The predicted octanol–water partition coefficient (Wildman–Crippen LogP) is 1.40. The third-order valence-corrected chi connectivity index (χ3v) is 3.04. The van der Waals surface area contributed by atoms with Crippen LogP contribution in [0.15, 0.2) is 0 Å². The maximum absolute atomic E-state index is 11.4. The molecular weight excluding hydrogens is 301 g/mol. The summed E-state index contributed by atoms with van der Waals surface area (Å²) in [6.07, 6.45) is 0.998. The van der Waals surface area contributed by atoms with Crippen molar-refractivity contribution < 1.29 is 4.79 Å². The molecule has 1 amide bonds. The first-order valence-electron chi connectivity index (χ1n) is 3.89. The van der Waals surface area contributed by atoms with E-state index in [1.54, 1.807) is 6.92 Å². The van der Waals surface area contributed by atoms with Gasteiger partial charge in [0.15, 0.2) is 0 Å². The number of halogens is 1. The van der Waals surface area contributed by atoms with Gasteiger partial charge in [0.1, 0.15) is 4.88 Å². The second-order valence-corrected chi connectivity index (χ2v) is 4.32. The summed E-state index contributed by atoms with van der Waals surface area (Å²) in [4.78, 5) is 12.0. The molecule has 0 spiro atoms. The SMILES string of the molecule is Cc1nnsc1C(=O)NCCCI. The first kappa shape index (κ1) is 10.8. The summed E-state index contributed by atoms with van der Waals surface area (Å²) in [5.74, 6) is -0.0580. The van der Waals surface area contributed by atoms with Gasteiger partial charge < -0.3 is 5.32 Å². The van der Waals surface area contributed by atoms with Gasteiger partial charge in [-0.25, -0.2) is 0 Å². The standard InChI is InChI=1S/C7H10IN3OS/c1-5-6(13-11-10-5)7(12)9-4-2-3-8/h2-4H2,1H3,(H,9,12). The normalized spacial score (nSPS) is 10.0. The molecule has 0 radical (unpaired) electrons. The second-order valence-electron chi connectivity index (χ2n) is 2.49. The van der Waals surface area contributed by atoms with E-state index in [0.29, 0.717) is 10.6 Å². The van der Waals surface area contributed by atoms with Gasteiger partial charge >= 0.3 is 0 Å². The highest BCUT2D eigenvalue weighted by Crippen LogP contribution is 2.08. The molecular formula is C7H10IN3OS. The minimum atomic E-state index is -0.0580. The quantitative estimate of drug-likeness (QED) is 0.519. The van der Waals surface area contributed by atoms with Gasteiger partial charge in [-0.3, -0.25) is 4.79 Å². The fourth-order valence-electron chi connectivity index (χ4n) is 0.789. The van der Waals surface area contributed by atoms with Crippen LogP contribution in [0.1, 0.15) is 21.8 Å². The molecule has 0 unspecified atom stereocenters. The fraction of sp³-hybridized carbons (Fsp3) is 0.571. The summed E-state index contributed by atoms with van der Waals surface area (Å²) in [5, 5.41) is 6.59. The van der Waals surface area contributed by atoms with Crippen molar-refractivity contribution in [2.45, 2.75) is 13.3 Å². The average Bonchev–Trinajstić information content (AvgIpc) is 2.52. The van der Waals surface area contributed by atoms with Gasteiger partial charge in [-0.1, -0.05) is 27.1 Å². The Morgan fingerprint density at radius 2 is 2.46 bits per heavy atom. The number of aryl methyl sites for hydroxylation is 1. The zero-order chi connectivity index (χ0) is 9.68. The third-order valence-electron chi connectivity index (χ3n) is 1.45. The minimum absolute atomic E-state index is 0.0580. The van der Waals surface area contributed by atoms with Crippen LogP contribution in [0, 0.1) is 6.92 Å². The Labute approximate surface area is 94.4 Å². The molecule has 4 nitrogen and oxygen atoms in total. The average molecular weight is 311 g/mol. The van der Waals surface area contributed by atoms with Crippen LogP contribution in [0.2, 0.25) is 0 Å². The molecule has 0 saturated heterocycles. The maximum Gasteiger partial charge on any atom is 0.264 e. The molecule has 1 aromatic rings. The van der Waals surface area contributed by atoms with Crippen LogP contribution in [0.3, 0.4) is 0 Å². The van der Waals surface area contributed by atoms with Crippen LogP contribution < -0.4 is 5.32 Å². The van der Waals surface area contributed by atoms with Crippen LogP contribution in [-0.2, 0) is 0 Å².